The Morgan fingerprint density at radius 3 is 2.71 bits per heavy atom. The summed E-state index contributed by atoms with van der Waals surface area (Å²) in [6.45, 7) is 7.99. The van der Waals surface area contributed by atoms with E-state index in [-0.39, 0.29) is 0 Å². The normalized spacial score (nSPS) is 19.0. The Labute approximate surface area is 106 Å². The minimum absolute atomic E-state index is 0.554. The van der Waals surface area contributed by atoms with Crippen molar-refractivity contribution in [1.29, 1.82) is 0 Å². The van der Waals surface area contributed by atoms with Crippen LogP contribution >= 0.6 is 0 Å². The lowest BCUT2D eigenvalue weighted by Gasteiger charge is -2.25. The van der Waals surface area contributed by atoms with Crippen molar-refractivity contribution in [3.8, 4) is 0 Å². The van der Waals surface area contributed by atoms with Crippen LogP contribution in [-0.2, 0) is 6.42 Å². The molecule has 17 heavy (non-hydrogen) atoms. The Bertz CT molecular complexity index is 366. The summed E-state index contributed by atoms with van der Waals surface area (Å²) >= 11 is 0. The van der Waals surface area contributed by atoms with E-state index in [1.54, 1.807) is 0 Å². The van der Waals surface area contributed by atoms with E-state index in [0.29, 0.717) is 11.5 Å². The Morgan fingerprint density at radius 2 is 2.12 bits per heavy atom. The average molecular weight is 231 g/mol. The highest BCUT2D eigenvalue weighted by Gasteiger charge is 2.44. The first-order valence-electron chi connectivity index (χ1n) is 6.93. The van der Waals surface area contributed by atoms with Gasteiger partial charge in [-0.25, -0.2) is 0 Å². The van der Waals surface area contributed by atoms with Crippen LogP contribution in [0.3, 0.4) is 0 Å². The second kappa shape index (κ2) is 5.22. The molecule has 0 aliphatic heterocycles. The van der Waals surface area contributed by atoms with Crippen LogP contribution in [0.4, 0.5) is 0 Å². The Balaban J connectivity index is 2.02. The third-order valence-corrected chi connectivity index (χ3v) is 4.04. The van der Waals surface area contributed by atoms with Crippen LogP contribution in [0, 0.1) is 12.3 Å². The van der Waals surface area contributed by atoms with Crippen LogP contribution in [0.1, 0.15) is 44.2 Å². The fraction of sp³-hybridized carbons (Fsp3) is 0.625. The Hall–Kier alpha value is -0.820. The second-order valence-corrected chi connectivity index (χ2v) is 5.85. The van der Waals surface area contributed by atoms with Gasteiger partial charge >= 0.3 is 0 Å². The smallest absolute Gasteiger partial charge is 0.0161 e. The van der Waals surface area contributed by atoms with E-state index in [1.807, 2.05) is 0 Å². The highest BCUT2D eigenvalue weighted by atomic mass is 14.9. The molecule has 1 aromatic carbocycles. The van der Waals surface area contributed by atoms with Gasteiger partial charge in [0.05, 0.1) is 0 Å². The van der Waals surface area contributed by atoms with Crippen LogP contribution in [0.15, 0.2) is 24.3 Å². The predicted octanol–water partition coefficient (Wildman–Crippen LogP) is 3.71. The standard InChI is InChI=1S/C16H25N/c1-4-10-17-15(16(3)8-9-16)12-14-7-5-6-13(2)11-14/h5-7,11,15,17H,4,8-10,12H2,1-3H3. The van der Waals surface area contributed by atoms with Crippen molar-refractivity contribution in [2.24, 2.45) is 5.41 Å². The molecule has 1 saturated carbocycles. The summed E-state index contributed by atoms with van der Waals surface area (Å²) in [5.74, 6) is 0. The molecule has 1 heteroatoms. The lowest BCUT2D eigenvalue weighted by atomic mass is 9.91. The summed E-state index contributed by atoms with van der Waals surface area (Å²) in [6.07, 6.45) is 5.18. The number of nitrogens with one attached hydrogen (secondary N) is 1. The van der Waals surface area contributed by atoms with Gasteiger partial charge in [-0.2, -0.15) is 0 Å². The third-order valence-electron chi connectivity index (χ3n) is 4.04. The molecule has 1 aromatic rings. The van der Waals surface area contributed by atoms with Gasteiger partial charge in [-0.05, 0) is 50.1 Å². The SMILES string of the molecule is CCCNC(Cc1cccc(C)c1)C1(C)CC1. The summed E-state index contributed by atoms with van der Waals surface area (Å²) in [4.78, 5) is 0. The molecular weight excluding hydrogens is 206 g/mol. The van der Waals surface area contributed by atoms with Crippen LogP contribution < -0.4 is 5.32 Å². The van der Waals surface area contributed by atoms with Crippen molar-refractivity contribution in [3.63, 3.8) is 0 Å². The molecule has 1 aliphatic carbocycles. The molecule has 1 aliphatic rings. The Morgan fingerprint density at radius 1 is 1.35 bits per heavy atom. The highest BCUT2D eigenvalue weighted by Crippen LogP contribution is 2.48. The molecule has 0 spiro atoms. The fourth-order valence-electron chi connectivity index (χ4n) is 2.50. The molecular formula is C16H25N. The predicted molar refractivity (Wildman–Crippen MR) is 74.3 cm³/mol. The zero-order valence-corrected chi connectivity index (χ0v) is 11.4. The summed E-state index contributed by atoms with van der Waals surface area (Å²) in [5, 5.41) is 3.74. The summed E-state index contributed by atoms with van der Waals surface area (Å²) < 4.78 is 0. The number of rotatable bonds is 6. The quantitative estimate of drug-likeness (QED) is 0.787. The molecule has 2 rings (SSSR count). The largest absolute Gasteiger partial charge is 0.313 e. The molecule has 0 aromatic heterocycles. The molecule has 1 nitrogen and oxygen atoms in total. The molecule has 0 radical (unpaired) electrons. The van der Waals surface area contributed by atoms with Crippen LogP contribution in [0.5, 0.6) is 0 Å². The molecule has 0 amide bonds. The van der Waals surface area contributed by atoms with Gasteiger partial charge in [0.2, 0.25) is 0 Å². The minimum atomic E-state index is 0.554. The first-order valence-corrected chi connectivity index (χ1v) is 6.93. The van der Waals surface area contributed by atoms with Gasteiger partial charge in [0.1, 0.15) is 0 Å². The van der Waals surface area contributed by atoms with Crippen molar-refractivity contribution < 1.29 is 0 Å². The molecule has 0 saturated heterocycles. The van der Waals surface area contributed by atoms with Crippen molar-refractivity contribution in [1.82, 2.24) is 5.32 Å². The highest BCUT2D eigenvalue weighted by molar-refractivity contribution is 5.24. The van der Waals surface area contributed by atoms with E-state index in [0.717, 1.165) is 6.54 Å². The molecule has 94 valence electrons. The maximum atomic E-state index is 3.74. The summed E-state index contributed by atoms with van der Waals surface area (Å²) in [6, 6.07) is 9.60. The maximum Gasteiger partial charge on any atom is 0.0161 e. The van der Waals surface area contributed by atoms with Gasteiger partial charge in [0.15, 0.2) is 0 Å². The van der Waals surface area contributed by atoms with Crippen molar-refractivity contribution in [3.05, 3.63) is 35.4 Å². The fourth-order valence-corrected chi connectivity index (χ4v) is 2.50. The monoisotopic (exact) mass is 231 g/mol. The first kappa shape index (κ1) is 12.6. The summed E-state index contributed by atoms with van der Waals surface area (Å²) in [5.41, 5.74) is 3.41. The lowest BCUT2D eigenvalue weighted by Crippen LogP contribution is -2.38. The van der Waals surface area contributed by atoms with E-state index >= 15 is 0 Å². The van der Waals surface area contributed by atoms with Crippen molar-refractivity contribution >= 4 is 0 Å². The number of aryl methyl sites for hydroxylation is 1. The topological polar surface area (TPSA) is 12.0 Å². The number of benzene rings is 1. The van der Waals surface area contributed by atoms with Gasteiger partial charge in [-0.15, -0.1) is 0 Å². The Kier molecular flexibility index (Phi) is 3.88. The van der Waals surface area contributed by atoms with E-state index in [4.69, 9.17) is 0 Å². The van der Waals surface area contributed by atoms with Gasteiger partial charge in [0.25, 0.3) is 0 Å². The van der Waals surface area contributed by atoms with E-state index in [9.17, 15) is 0 Å². The van der Waals surface area contributed by atoms with E-state index in [1.165, 1.54) is 36.8 Å². The molecule has 0 bridgehead atoms. The second-order valence-electron chi connectivity index (χ2n) is 5.85. The van der Waals surface area contributed by atoms with Crippen molar-refractivity contribution in [2.75, 3.05) is 6.54 Å². The van der Waals surface area contributed by atoms with Crippen LogP contribution in [-0.4, -0.2) is 12.6 Å². The van der Waals surface area contributed by atoms with E-state index < -0.39 is 0 Å². The molecule has 1 unspecified atom stereocenters. The first-order chi connectivity index (χ1) is 8.14. The van der Waals surface area contributed by atoms with Gasteiger partial charge < -0.3 is 5.32 Å². The summed E-state index contributed by atoms with van der Waals surface area (Å²) in [7, 11) is 0. The number of hydrogen-bond acceptors (Lipinski definition) is 1. The minimum Gasteiger partial charge on any atom is -0.313 e. The van der Waals surface area contributed by atoms with Crippen LogP contribution in [0.2, 0.25) is 0 Å². The average Bonchev–Trinajstić information content (AvgIpc) is 3.04. The van der Waals surface area contributed by atoms with Gasteiger partial charge in [-0.3, -0.25) is 0 Å². The number of hydrogen-bond donors (Lipinski definition) is 1. The van der Waals surface area contributed by atoms with Gasteiger partial charge in [0, 0.05) is 6.04 Å². The molecule has 1 fully saturated rings. The molecule has 1 N–H and O–H groups in total. The lowest BCUT2D eigenvalue weighted by molar-refractivity contribution is 0.354. The van der Waals surface area contributed by atoms with Crippen LogP contribution in [0.25, 0.3) is 0 Å². The molecule has 1 atom stereocenters. The maximum absolute atomic E-state index is 3.74. The molecule has 0 heterocycles. The van der Waals surface area contributed by atoms with Crippen molar-refractivity contribution in [2.45, 2.75) is 52.5 Å². The zero-order valence-electron chi connectivity index (χ0n) is 11.4. The zero-order chi connectivity index (χ0) is 12.3. The van der Waals surface area contributed by atoms with Gasteiger partial charge in [-0.1, -0.05) is 43.7 Å². The third kappa shape index (κ3) is 3.32. The van der Waals surface area contributed by atoms with E-state index in [2.05, 4.69) is 50.4 Å².